The Morgan fingerprint density at radius 3 is 2.43 bits per heavy atom. The molecule has 1 aliphatic heterocycles. The maximum absolute atomic E-state index is 12.8. The summed E-state index contributed by atoms with van der Waals surface area (Å²) in [6.07, 6.45) is 0. The van der Waals surface area contributed by atoms with Crippen LogP contribution in [0.15, 0.2) is 24.3 Å². The number of amides is 2. The van der Waals surface area contributed by atoms with Gasteiger partial charge in [-0.2, -0.15) is 0 Å². The second kappa shape index (κ2) is 5.51. The SMILES string of the molecule is Cc1ccccc1CN1C(=O)C(C(C)C)NC(=O)C1(C)C. The van der Waals surface area contributed by atoms with E-state index in [1.165, 1.54) is 0 Å². The van der Waals surface area contributed by atoms with Gasteiger partial charge in [0.15, 0.2) is 0 Å². The highest BCUT2D eigenvalue weighted by atomic mass is 16.2. The number of carbonyl (C=O) groups excluding carboxylic acids is 2. The molecule has 1 aromatic carbocycles. The first-order valence-electron chi connectivity index (χ1n) is 7.42. The fraction of sp³-hybridized carbons (Fsp3) is 0.529. The third-order valence-corrected chi connectivity index (χ3v) is 4.31. The van der Waals surface area contributed by atoms with Crippen LogP contribution < -0.4 is 5.32 Å². The molecule has 21 heavy (non-hydrogen) atoms. The zero-order chi connectivity index (χ0) is 15.8. The lowest BCUT2D eigenvalue weighted by Gasteiger charge is -2.45. The van der Waals surface area contributed by atoms with Crippen molar-refractivity contribution in [2.75, 3.05) is 0 Å². The van der Waals surface area contributed by atoms with E-state index in [1.54, 1.807) is 18.7 Å². The van der Waals surface area contributed by atoms with Gasteiger partial charge in [-0.3, -0.25) is 9.59 Å². The molecule has 0 aliphatic carbocycles. The molecule has 1 fully saturated rings. The zero-order valence-corrected chi connectivity index (χ0v) is 13.4. The lowest BCUT2D eigenvalue weighted by molar-refractivity contribution is -0.157. The first-order valence-corrected chi connectivity index (χ1v) is 7.42. The van der Waals surface area contributed by atoms with Crippen molar-refractivity contribution in [2.45, 2.75) is 52.7 Å². The Hall–Kier alpha value is -1.84. The largest absolute Gasteiger partial charge is 0.342 e. The lowest BCUT2D eigenvalue weighted by Crippen LogP contribution is -2.69. The third kappa shape index (κ3) is 2.80. The van der Waals surface area contributed by atoms with Crippen LogP contribution in [0.3, 0.4) is 0 Å². The van der Waals surface area contributed by atoms with Gasteiger partial charge in [0.05, 0.1) is 0 Å². The summed E-state index contributed by atoms with van der Waals surface area (Å²) in [6, 6.07) is 7.54. The van der Waals surface area contributed by atoms with E-state index in [2.05, 4.69) is 5.32 Å². The normalized spacial score (nSPS) is 21.6. The second-order valence-electron chi connectivity index (χ2n) is 6.61. The average Bonchev–Trinajstić information content (AvgIpc) is 2.40. The van der Waals surface area contributed by atoms with Crippen molar-refractivity contribution in [1.82, 2.24) is 10.2 Å². The Morgan fingerprint density at radius 1 is 1.24 bits per heavy atom. The van der Waals surface area contributed by atoms with Crippen molar-refractivity contribution in [3.8, 4) is 0 Å². The maximum Gasteiger partial charge on any atom is 0.246 e. The van der Waals surface area contributed by atoms with E-state index in [-0.39, 0.29) is 17.7 Å². The summed E-state index contributed by atoms with van der Waals surface area (Å²) in [6.45, 7) is 10.00. The first-order chi connectivity index (χ1) is 9.75. The molecule has 1 unspecified atom stereocenters. The maximum atomic E-state index is 12.8. The molecule has 114 valence electrons. The summed E-state index contributed by atoms with van der Waals surface area (Å²) in [5.41, 5.74) is 1.38. The Balaban J connectivity index is 2.35. The standard InChI is InChI=1S/C17H24N2O2/c1-11(2)14-15(20)19(17(4,5)16(21)18-14)10-13-9-7-6-8-12(13)3/h6-9,11,14H,10H2,1-5H3,(H,18,21). The summed E-state index contributed by atoms with van der Waals surface area (Å²) in [4.78, 5) is 26.8. The van der Waals surface area contributed by atoms with Gasteiger partial charge in [0.1, 0.15) is 11.6 Å². The summed E-state index contributed by atoms with van der Waals surface area (Å²) < 4.78 is 0. The van der Waals surface area contributed by atoms with Gasteiger partial charge in [0.25, 0.3) is 0 Å². The van der Waals surface area contributed by atoms with Crippen molar-refractivity contribution < 1.29 is 9.59 Å². The van der Waals surface area contributed by atoms with Crippen molar-refractivity contribution in [3.05, 3.63) is 35.4 Å². The predicted octanol–water partition coefficient (Wildman–Crippen LogP) is 2.26. The van der Waals surface area contributed by atoms with E-state index in [4.69, 9.17) is 0 Å². The molecule has 0 saturated carbocycles. The van der Waals surface area contributed by atoms with E-state index in [0.717, 1.165) is 11.1 Å². The van der Waals surface area contributed by atoms with E-state index in [0.29, 0.717) is 6.54 Å². The molecule has 0 aromatic heterocycles. The average molecular weight is 288 g/mol. The van der Waals surface area contributed by atoms with Crippen molar-refractivity contribution >= 4 is 11.8 Å². The van der Waals surface area contributed by atoms with Gasteiger partial charge >= 0.3 is 0 Å². The van der Waals surface area contributed by atoms with Gasteiger partial charge in [-0.1, -0.05) is 38.1 Å². The fourth-order valence-corrected chi connectivity index (χ4v) is 2.63. The highest BCUT2D eigenvalue weighted by molar-refractivity contribution is 5.99. The topological polar surface area (TPSA) is 49.4 Å². The van der Waals surface area contributed by atoms with E-state index in [1.807, 2.05) is 45.0 Å². The lowest BCUT2D eigenvalue weighted by atomic mass is 9.90. The van der Waals surface area contributed by atoms with Crippen LogP contribution in [-0.4, -0.2) is 28.3 Å². The summed E-state index contributed by atoms with van der Waals surface area (Å²) in [7, 11) is 0. The second-order valence-corrected chi connectivity index (χ2v) is 6.61. The van der Waals surface area contributed by atoms with Crippen LogP contribution in [0, 0.1) is 12.8 Å². The number of aryl methyl sites for hydroxylation is 1. The van der Waals surface area contributed by atoms with Crippen molar-refractivity contribution in [1.29, 1.82) is 0 Å². The number of rotatable bonds is 3. The van der Waals surface area contributed by atoms with Crippen LogP contribution in [-0.2, 0) is 16.1 Å². The molecular formula is C17H24N2O2. The van der Waals surface area contributed by atoms with E-state index >= 15 is 0 Å². The molecule has 1 aliphatic rings. The molecule has 4 heteroatoms. The predicted molar refractivity (Wildman–Crippen MR) is 82.6 cm³/mol. The van der Waals surface area contributed by atoms with E-state index in [9.17, 15) is 9.59 Å². The number of piperazine rings is 1. The number of hydrogen-bond donors (Lipinski definition) is 1. The summed E-state index contributed by atoms with van der Waals surface area (Å²) in [5, 5.41) is 2.86. The van der Waals surface area contributed by atoms with E-state index < -0.39 is 11.6 Å². The quantitative estimate of drug-likeness (QED) is 0.927. The molecule has 1 atom stereocenters. The minimum atomic E-state index is -0.829. The van der Waals surface area contributed by atoms with Gasteiger partial charge in [-0.05, 0) is 37.8 Å². The molecule has 2 amide bonds. The Bertz CT molecular complexity index is 564. The molecule has 2 rings (SSSR count). The van der Waals surface area contributed by atoms with Crippen molar-refractivity contribution in [2.24, 2.45) is 5.92 Å². The number of hydrogen-bond acceptors (Lipinski definition) is 2. The molecule has 0 bridgehead atoms. The molecule has 1 N–H and O–H groups in total. The van der Waals surface area contributed by atoms with Gasteiger partial charge in [-0.25, -0.2) is 0 Å². The third-order valence-electron chi connectivity index (χ3n) is 4.31. The molecule has 1 heterocycles. The highest BCUT2D eigenvalue weighted by Gasteiger charge is 2.46. The number of nitrogens with one attached hydrogen (secondary N) is 1. The van der Waals surface area contributed by atoms with Crippen LogP contribution in [0.4, 0.5) is 0 Å². The molecule has 4 nitrogen and oxygen atoms in total. The van der Waals surface area contributed by atoms with Crippen LogP contribution in [0.5, 0.6) is 0 Å². The Labute approximate surface area is 126 Å². The molecule has 0 spiro atoms. The number of carbonyl (C=O) groups is 2. The molecule has 1 aromatic rings. The number of benzene rings is 1. The van der Waals surface area contributed by atoms with Gasteiger partial charge in [0.2, 0.25) is 11.8 Å². The van der Waals surface area contributed by atoms with Gasteiger partial charge in [0, 0.05) is 6.54 Å². The minimum absolute atomic E-state index is 0.00199. The smallest absolute Gasteiger partial charge is 0.246 e. The summed E-state index contributed by atoms with van der Waals surface area (Å²) >= 11 is 0. The van der Waals surface area contributed by atoms with Gasteiger partial charge < -0.3 is 10.2 Å². The highest BCUT2D eigenvalue weighted by Crippen LogP contribution is 2.26. The molecule has 1 saturated heterocycles. The van der Waals surface area contributed by atoms with Crippen LogP contribution in [0.1, 0.15) is 38.8 Å². The Kier molecular flexibility index (Phi) is 4.08. The van der Waals surface area contributed by atoms with Crippen molar-refractivity contribution in [3.63, 3.8) is 0 Å². The van der Waals surface area contributed by atoms with Crippen LogP contribution >= 0.6 is 0 Å². The summed E-state index contributed by atoms with van der Waals surface area (Å²) in [5.74, 6) is -0.0100. The zero-order valence-electron chi connectivity index (χ0n) is 13.4. The fourth-order valence-electron chi connectivity index (χ4n) is 2.63. The molecular weight excluding hydrogens is 264 g/mol. The van der Waals surface area contributed by atoms with Crippen LogP contribution in [0.2, 0.25) is 0 Å². The Morgan fingerprint density at radius 2 is 1.86 bits per heavy atom. The minimum Gasteiger partial charge on any atom is -0.342 e. The number of nitrogens with zero attached hydrogens (tertiary/aromatic N) is 1. The monoisotopic (exact) mass is 288 g/mol. The van der Waals surface area contributed by atoms with Crippen LogP contribution in [0.25, 0.3) is 0 Å². The first kappa shape index (κ1) is 15.5. The van der Waals surface area contributed by atoms with Gasteiger partial charge in [-0.15, -0.1) is 0 Å². The molecule has 0 radical (unpaired) electrons.